The van der Waals surface area contributed by atoms with E-state index in [9.17, 15) is 0 Å². The van der Waals surface area contributed by atoms with Crippen molar-refractivity contribution >= 4 is 0 Å². The summed E-state index contributed by atoms with van der Waals surface area (Å²) in [5.41, 5.74) is 1.78. The van der Waals surface area contributed by atoms with Gasteiger partial charge in [-0.2, -0.15) is 0 Å². The van der Waals surface area contributed by atoms with Gasteiger partial charge in [0.1, 0.15) is 11.5 Å². The van der Waals surface area contributed by atoms with E-state index >= 15 is 0 Å². The van der Waals surface area contributed by atoms with Crippen LogP contribution in [0.5, 0.6) is 11.5 Å². The Morgan fingerprint density at radius 1 is 1.14 bits per heavy atom. The molecule has 116 valence electrons. The molecule has 1 N–H and O–H groups in total. The van der Waals surface area contributed by atoms with E-state index in [-0.39, 0.29) is 0 Å². The molecule has 0 radical (unpaired) electrons. The molecule has 4 nitrogen and oxygen atoms in total. The number of hydrogen-bond acceptors (Lipinski definition) is 4. The molecule has 1 aromatic carbocycles. The van der Waals surface area contributed by atoms with Gasteiger partial charge in [-0.1, -0.05) is 0 Å². The van der Waals surface area contributed by atoms with Gasteiger partial charge in [0.25, 0.3) is 0 Å². The standard InChI is InChI=1S/C17H26N2O2/c1-20-15-3-4-16(21-2)14(11-15)12-19-10-7-17(13-19)5-8-18-9-6-17/h3-4,11,18H,5-10,12-13H2,1-2H3. The summed E-state index contributed by atoms with van der Waals surface area (Å²) in [7, 11) is 3.45. The zero-order chi connectivity index (χ0) is 14.7. The van der Waals surface area contributed by atoms with Crippen molar-refractivity contribution in [2.24, 2.45) is 5.41 Å². The lowest BCUT2D eigenvalue weighted by molar-refractivity contribution is 0.193. The van der Waals surface area contributed by atoms with Gasteiger partial charge in [0.05, 0.1) is 14.2 Å². The van der Waals surface area contributed by atoms with E-state index in [4.69, 9.17) is 9.47 Å². The zero-order valence-corrected chi connectivity index (χ0v) is 13.2. The maximum absolute atomic E-state index is 5.50. The van der Waals surface area contributed by atoms with Crippen molar-refractivity contribution in [1.82, 2.24) is 10.2 Å². The lowest BCUT2D eigenvalue weighted by atomic mass is 9.78. The van der Waals surface area contributed by atoms with E-state index in [1.807, 2.05) is 12.1 Å². The Morgan fingerprint density at radius 3 is 2.67 bits per heavy atom. The summed E-state index contributed by atoms with van der Waals surface area (Å²) in [6.45, 7) is 5.72. The molecule has 0 unspecified atom stereocenters. The molecule has 1 spiro atoms. The Bertz CT molecular complexity index is 484. The second kappa shape index (κ2) is 6.24. The molecule has 4 heteroatoms. The van der Waals surface area contributed by atoms with Crippen LogP contribution in [0.4, 0.5) is 0 Å². The van der Waals surface area contributed by atoms with E-state index in [0.717, 1.165) is 18.0 Å². The fraction of sp³-hybridized carbons (Fsp3) is 0.647. The highest BCUT2D eigenvalue weighted by atomic mass is 16.5. The van der Waals surface area contributed by atoms with Crippen LogP contribution >= 0.6 is 0 Å². The second-order valence-corrected chi connectivity index (χ2v) is 6.39. The molecule has 0 atom stereocenters. The molecule has 3 rings (SSSR count). The van der Waals surface area contributed by atoms with Gasteiger partial charge >= 0.3 is 0 Å². The van der Waals surface area contributed by atoms with E-state index in [1.165, 1.54) is 51.0 Å². The SMILES string of the molecule is COc1ccc(OC)c(CN2CCC3(CCNCC3)C2)c1. The number of ether oxygens (including phenoxy) is 2. The van der Waals surface area contributed by atoms with Crippen molar-refractivity contribution in [1.29, 1.82) is 0 Å². The lowest BCUT2D eigenvalue weighted by Crippen LogP contribution is -2.38. The monoisotopic (exact) mass is 290 g/mol. The molecule has 2 fully saturated rings. The molecular formula is C17H26N2O2. The van der Waals surface area contributed by atoms with Gasteiger partial charge in [-0.25, -0.2) is 0 Å². The average Bonchev–Trinajstić information content (AvgIpc) is 2.90. The summed E-state index contributed by atoms with van der Waals surface area (Å²) >= 11 is 0. The summed E-state index contributed by atoms with van der Waals surface area (Å²) in [6, 6.07) is 6.07. The maximum atomic E-state index is 5.50. The fourth-order valence-corrected chi connectivity index (χ4v) is 3.77. The van der Waals surface area contributed by atoms with Crippen molar-refractivity contribution in [3.8, 4) is 11.5 Å². The molecule has 1 aromatic rings. The predicted octanol–water partition coefficient (Wildman–Crippen LogP) is 2.28. The first-order valence-electron chi connectivity index (χ1n) is 7.89. The Kier molecular flexibility index (Phi) is 4.36. The summed E-state index contributed by atoms with van der Waals surface area (Å²) in [5, 5.41) is 3.48. The van der Waals surface area contributed by atoms with Crippen molar-refractivity contribution in [2.75, 3.05) is 40.4 Å². The van der Waals surface area contributed by atoms with Crippen molar-refractivity contribution < 1.29 is 9.47 Å². The minimum absolute atomic E-state index is 0.553. The molecule has 2 aliphatic rings. The number of benzene rings is 1. The molecular weight excluding hydrogens is 264 g/mol. The van der Waals surface area contributed by atoms with E-state index in [0.29, 0.717) is 5.41 Å². The number of nitrogens with one attached hydrogen (secondary N) is 1. The Labute approximate surface area is 127 Å². The zero-order valence-electron chi connectivity index (χ0n) is 13.2. The number of nitrogens with zero attached hydrogens (tertiary/aromatic N) is 1. The number of likely N-dealkylation sites (tertiary alicyclic amines) is 1. The molecule has 0 aliphatic carbocycles. The van der Waals surface area contributed by atoms with Crippen LogP contribution in [-0.2, 0) is 6.54 Å². The fourth-order valence-electron chi connectivity index (χ4n) is 3.77. The molecule has 2 saturated heterocycles. The molecule has 21 heavy (non-hydrogen) atoms. The van der Waals surface area contributed by atoms with Gasteiger partial charge < -0.3 is 14.8 Å². The topological polar surface area (TPSA) is 33.7 Å². The average molecular weight is 290 g/mol. The highest BCUT2D eigenvalue weighted by Crippen LogP contribution is 2.39. The summed E-state index contributed by atoms with van der Waals surface area (Å²) in [5.74, 6) is 1.86. The van der Waals surface area contributed by atoms with Crippen molar-refractivity contribution in [2.45, 2.75) is 25.8 Å². The molecule has 0 saturated carbocycles. The van der Waals surface area contributed by atoms with Gasteiger partial charge in [-0.3, -0.25) is 4.90 Å². The van der Waals surface area contributed by atoms with Gasteiger partial charge in [0.15, 0.2) is 0 Å². The highest BCUT2D eigenvalue weighted by molar-refractivity contribution is 5.40. The van der Waals surface area contributed by atoms with Crippen LogP contribution in [0.3, 0.4) is 0 Å². The predicted molar refractivity (Wildman–Crippen MR) is 84.0 cm³/mol. The normalized spacial score (nSPS) is 21.6. The first-order valence-corrected chi connectivity index (χ1v) is 7.89. The second-order valence-electron chi connectivity index (χ2n) is 6.39. The minimum atomic E-state index is 0.553. The Morgan fingerprint density at radius 2 is 1.95 bits per heavy atom. The molecule has 0 bridgehead atoms. The van der Waals surface area contributed by atoms with Gasteiger partial charge in [-0.15, -0.1) is 0 Å². The first kappa shape index (κ1) is 14.7. The lowest BCUT2D eigenvalue weighted by Gasteiger charge is -2.34. The summed E-state index contributed by atoms with van der Waals surface area (Å²) < 4.78 is 10.8. The number of hydrogen-bond donors (Lipinski definition) is 1. The van der Waals surface area contributed by atoms with Crippen LogP contribution in [0.25, 0.3) is 0 Å². The van der Waals surface area contributed by atoms with Crippen LogP contribution in [0.1, 0.15) is 24.8 Å². The Hall–Kier alpha value is -1.26. The van der Waals surface area contributed by atoms with Crippen molar-refractivity contribution in [3.63, 3.8) is 0 Å². The third kappa shape index (κ3) is 3.16. The first-order chi connectivity index (χ1) is 10.2. The van der Waals surface area contributed by atoms with E-state index in [1.54, 1.807) is 14.2 Å². The van der Waals surface area contributed by atoms with Crippen LogP contribution in [0.2, 0.25) is 0 Å². The summed E-state index contributed by atoms with van der Waals surface area (Å²) in [6.07, 6.45) is 3.97. The molecule has 2 aliphatic heterocycles. The largest absolute Gasteiger partial charge is 0.497 e. The number of rotatable bonds is 4. The third-order valence-electron chi connectivity index (χ3n) is 5.06. The molecule has 0 amide bonds. The van der Waals surface area contributed by atoms with Gasteiger partial charge in [0.2, 0.25) is 0 Å². The maximum Gasteiger partial charge on any atom is 0.123 e. The number of piperidine rings is 1. The van der Waals surface area contributed by atoms with Gasteiger partial charge in [0, 0.05) is 18.7 Å². The smallest absolute Gasteiger partial charge is 0.123 e. The van der Waals surface area contributed by atoms with Crippen LogP contribution < -0.4 is 14.8 Å². The highest BCUT2D eigenvalue weighted by Gasteiger charge is 2.38. The van der Waals surface area contributed by atoms with Gasteiger partial charge in [-0.05, 0) is 62.5 Å². The minimum Gasteiger partial charge on any atom is -0.497 e. The number of methoxy groups -OCH3 is 2. The van der Waals surface area contributed by atoms with Crippen molar-refractivity contribution in [3.05, 3.63) is 23.8 Å². The Balaban J connectivity index is 1.69. The molecule has 0 aromatic heterocycles. The van der Waals surface area contributed by atoms with Crippen LogP contribution in [0, 0.1) is 5.41 Å². The van der Waals surface area contributed by atoms with Crippen LogP contribution in [0.15, 0.2) is 18.2 Å². The van der Waals surface area contributed by atoms with E-state index < -0.39 is 0 Å². The third-order valence-corrected chi connectivity index (χ3v) is 5.06. The molecule has 2 heterocycles. The van der Waals surface area contributed by atoms with Crippen LogP contribution in [-0.4, -0.2) is 45.3 Å². The quantitative estimate of drug-likeness (QED) is 0.922. The summed E-state index contributed by atoms with van der Waals surface area (Å²) in [4.78, 5) is 2.57. The van der Waals surface area contributed by atoms with E-state index in [2.05, 4.69) is 16.3 Å².